The minimum atomic E-state index is -0.442. The highest BCUT2D eigenvalue weighted by Gasteiger charge is 2.23. The molecule has 8 heteroatoms. The van der Waals surface area contributed by atoms with Crippen LogP contribution < -0.4 is 15.5 Å². The van der Waals surface area contributed by atoms with Crippen molar-refractivity contribution in [3.63, 3.8) is 0 Å². The summed E-state index contributed by atoms with van der Waals surface area (Å²) in [4.78, 5) is 24.5. The van der Waals surface area contributed by atoms with Crippen LogP contribution in [0.5, 0.6) is 0 Å². The summed E-state index contributed by atoms with van der Waals surface area (Å²) in [7, 11) is 0. The molecule has 0 saturated carbocycles. The fourth-order valence-electron chi connectivity index (χ4n) is 2.66. The van der Waals surface area contributed by atoms with Crippen molar-refractivity contribution in [1.82, 2.24) is 10.6 Å². The molecule has 0 bridgehead atoms. The standard InChI is InChI=1S/C14H14N4O3S/c19-13-11(15-14(22)16-13)8-9-7-10(18(20)21)3-4-12(9)17-5-1-2-6-17/h3-4,7-8H,1-2,5-6H2,(H2,15,16,19,22). The SMILES string of the molecule is O=C1NC(=S)NC1=Cc1cc([N+](=O)[O-])ccc1N1CCCC1. The quantitative estimate of drug-likeness (QED) is 0.380. The molecule has 0 aromatic heterocycles. The Kier molecular flexibility index (Phi) is 3.76. The maximum Gasteiger partial charge on any atom is 0.273 e. The zero-order chi connectivity index (χ0) is 15.7. The van der Waals surface area contributed by atoms with Crippen molar-refractivity contribution in [2.24, 2.45) is 0 Å². The summed E-state index contributed by atoms with van der Waals surface area (Å²) in [5.41, 5.74) is 1.82. The summed E-state index contributed by atoms with van der Waals surface area (Å²) in [6.45, 7) is 1.82. The molecule has 2 fully saturated rings. The van der Waals surface area contributed by atoms with E-state index in [0.29, 0.717) is 11.3 Å². The average molecular weight is 318 g/mol. The van der Waals surface area contributed by atoms with E-state index in [2.05, 4.69) is 15.5 Å². The van der Waals surface area contributed by atoms with E-state index in [4.69, 9.17) is 12.2 Å². The Morgan fingerprint density at radius 2 is 2.00 bits per heavy atom. The molecule has 1 aromatic rings. The van der Waals surface area contributed by atoms with E-state index >= 15 is 0 Å². The molecular formula is C14H14N4O3S. The van der Waals surface area contributed by atoms with E-state index in [9.17, 15) is 14.9 Å². The molecule has 1 amide bonds. The van der Waals surface area contributed by atoms with E-state index in [1.54, 1.807) is 12.1 Å². The number of amides is 1. The van der Waals surface area contributed by atoms with Gasteiger partial charge < -0.3 is 10.2 Å². The van der Waals surface area contributed by atoms with E-state index in [1.165, 1.54) is 12.1 Å². The Bertz CT molecular complexity index is 695. The topological polar surface area (TPSA) is 87.5 Å². The Morgan fingerprint density at radius 1 is 1.27 bits per heavy atom. The second kappa shape index (κ2) is 5.72. The van der Waals surface area contributed by atoms with E-state index in [1.807, 2.05) is 0 Å². The zero-order valence-electron chi connectivity index (χ0n) is 11.7. The van der Waals surface area contributed by atoms with Crippen LogP contribution in [0.3, 0.4) is 0 Å². The number of rotatable bonds is 3. The number of nitrogens with zero attached hydrogens (tertiary/aromatic N) is 2. The monoisotopic (exact) mass is 318 g/mol. The summed E-state index contributed by atoms with van der Waals surface area (Å²) in [5, 5.41) is 16.5. The lowest BCUT2D eigenvalue weighted by Gasteiger charge is -2.20. The molecule has 2 saturated heterocycles. The van der Waals surface area contributed by atoms with E-state index in [-0.39, 0.29) is 16.7 Å². The average Bonchev–Trinajstić information content (AvgIpc) is 3.09. The molecule has 2 aliphatic heterocycles. The lowest BCUT2D eigenvalue weighted by Crippen LogP contribution is -2.21. The van der Waals surface area contributed by atoms with Crippen molar-refractivity contribution >= 4 is 40.7 Å². The van der Waals surface area contributed by atoms with Gasteiger partial charge in [0.15, 0.2) is 5.11 Å². The third-order valence-corrected chi connectivity index (χ3v) is 3.89. The van der Waals surface area contributed by atoms with Crippen molar-refractivity contribution in [3.8, 4) is 0 Å². The summed E-state index contributed by atoms with van der Waals surface area (Å²) in [6.07, 6.45) is 3.79. The molecule has 0 atom stereocenters. The van der Waals surface area contributed by atoms with Crippen molar-refractivity contribution in [1.29, 1.82) is 0 Å². The minimum Gasteiger partial charge on any atom is -0.371 e. The molecule has 2 aliphatic rings. The normalized spacial score (nSPS) is 19.5. The number of hydrogen-bond acceptors (Lipinski definition) is 5. The van der Waals surface area contributed by atoms with Crippen LogP contribution in [-0.4, -0.2) is 29.0 Å². The fourth-order valence-corrected chi connectivity index (χ4v) is 2.86. The second-order valence-corrected chi connectivity index (χ2v) is 5.57. The number of anilines is 1. The largest absolute Gasteiger partial charge is 0.371 e. The molecule has 114 valence electrons. The van der Waals surface area contributed by atoms with Crippen LogP contribution >= 0.6 is 12.2 Å². The predicted molar refractivity (Wildman–Crippen MR) is 86.4 cm³/mol. The van der Waals surface area contributed by atoms with Gasteiger partial charge >= 0.3 is 0 Å². The lowest BCUT2D eigenvalue weighted by atomic mass is 10.1. The number of carbonyl (C=O) groups excluding carboxylic acids is 1. The first kappa shape index (κ1) is 14.5. The van der Waals surface area contributed by atoms with Crippen LogP contribution in [0.1, 0.15) is 18.4 Å². The van der Waals surface area contributed by atoms with Gasteiger partial charge in [0.05, 0.1) is 4.92 Å². The van der Waals surface area contributed by atoms with Crippen LogP contribution in [0.15, 0.2) is 23.9 Å². The van der Waals surface area contributed by atoms with Crippen LogP contribution in [0.4, 0.5) is 11.4 Å². The number of carbonyl (C=O) groups is 1. The minimum absolute atomic E-state index is 0.00391. The maximum atomic E-state index is 11.8. The fraction of sp³-hybridized carbons (Fsp3) is 0.286. The molecule has 0 unspecified atom stereocenters. The van der Waals surface area contributed by atoms with Crippen LogP contribution in [0.25, 0.3) is 6.08 Å². The van der Waals surface area contributed by atoms with Crippen molar-refractivity contribution < 1.29 is 9.72 Å². The van der Waals surface area contributed by atoms with Crippen LogP contribution in [0.2, 0.25) is 0 Å². The predicted octanol–water partition coefficient (Wildman–Crippen LogP) is 1.54. The molecule has 0 aliphatic carbocycles. The highest BCUT2D eigenvalue weighted by atomic mass is 32.1. The van der Waals surface area contributed by atoms with Gasteiger partial charge in [-0.15, -0.1) is 0 Å². The lowest BCUT2D eigenvalue weighted by molar-refractivity contribution is -0.384. The molecule has 3 rings (SSSR count). The van der Waals surface area contributed by atoms with Gasteiger partial charge in [-0.25, -0.2) is 0 Å². The van der Waals surface area contributed by atoms with Crippen molar-refractivity contribution in [3.05, 3.63) is 39.6 Å². The maximum absolute atomic E-state index is 11.8. The molecule has 0 spiro atoms. The third kappa shape index (κ3) is 2.77. The first-order valence-corrected chi connectivity index (χ1v) is 7.33. The number of nitro benzene ring substituents is 1. The van der Waals surface area contributed by atoms with Gasteiger partial charge in [0.2, 0.25) is 0 Å². The number of hydrogen-bond donors (Lipinski definition) is 2. The molecule has 22 heavy (non-hydrogen) atoms. The molecule has 7 nitrogen and oxygen atoms in total. The van der Waals surface area contributed by atoms with E-state index < -0.39 is 4.92 Å². The summed E-state index contributed by atoms with van der Waals surface area (Å²) >= 11 is 4.89. The second-order valence-electron chi connectivity index (χ2n) is 5.16. The van der Waals surface area contributed by atoms with Crippen LogP contribution in [0, 0.1) is 10.1 Å². The zero-order valence-corrected chi connectivity index (χ0v) is 12.5. The molecule has 2 N–H and O–H groups in total. The van der Waals surface area contributed by atoms with Crippen LogP contribution in [-0.2, 0) is 4.79 Å². The number of nitrogens with one attached hydrogen (secondary N) is 2. The first-order valence-electron chi connectivity index (χ1n) is 6.92. The Morgan fingerprint density at radius 3 is 2.59 bits per heavy atom. The number of benzene rings is 1. The summed E-state index contributed by atoms with van der Waals surface area (Å²) in [6, 6.07) is 4.71. The smallest absolute Gasteiger partial charge is 0.273 e. The summed E-state index contributed by atoms with van der Waals surface area (Å²) < 4.78 is 0. The highest BCUT2D eigenvalue weighted by Crippen LogP contribution is 2.30. The van der Waals surface area contributed by atoms with Gasteiger partial charge in [0.1, 0.15) is 5.70 Å². The summed E-state index contributed by atoms with van der Waals surface area (Å²) in [5.74, 6) is -0.330. The van der Waals surface area contributed by atoms with Gasteiger partial charge in [0, 0.05) is 36.5 Å². The van der Waals surface area contributed by atoms with Gasteiger partial charge in [0.25, 0.3) is 11.6 Å². The molecule has 0 radical (unpaired) electrons. The van der Waals surface area contributed by atoms with Gasteiger partial charge in [-0.2, -0.15) is 0 Å². The molecule has 1 aromatic carbocycles. The molecule has 2 heterocycles. The third-order valence-electron chi connectivity index (χ3n) is 3.69. The Balaban J connectivity index is 2.04. The first-order chi connectivity index (χ1) is 10.5. The van der Waals surface area contributed by atoms with Gasteiger partial charge in [-0.1, -0.05) is 0 Å². The number of thiocarbonyl (C=S) groups is 1. The Hall–Kier alpha value is -2.48. The van der Waals surface area contributed by atoms with E-state index in [0.717, 1.165) is 31.6 Å². The number of nitro groups is 1. The number of non-ortho nitro benzene ring substituents is 1. The van der Waals surface area contributed by atoms with Gasteiger partial charge in [-0.3, -0.25) is 20.2 Å². The Labute approximate surface area is 132 Å². The van der Waals surface area contributed by atoms with Crippen molar-refractivity contribution in [2.45, 2.75) is 12.8 Å². The van der Waals surface area contributed by atoms with Crippen molar-refractivity contribution in [2.75, 3.05) is 18.0 Å². The van der Waals surface area contributed by atoms with Gasteiger partial charge in [-0.05, 0) is 37.2 Å². The highest BCUT2D eigenvalue weighted by molar-refractivity contribution is 7.80. The molecular weight excluding hydrogens is 304 g/mol.